The van der Waals surface area contributed by atoms with Crippen molar-refractivity contribution >= 4 is 23.3 Å². The average molecular weight is 361 g/mol. The Labute approximate surface area is 152 Å². The lowest BCUT2D eigenvalue weighted by molar-refractivity contribution is 0.0715. The number of rotatable bonds is 4. The van der Waals surface area contributed by atoms with Crippen LogP contribution in [0, 0.1) is 6.92 Å². The van der Waals surface area contributed by atoms with Gasteiger partial charge in [-0.25, -0.2) is 9.97 Å². The smallest absolute Gasteiger partial charge is 0.257 e. The summed E-state index contributed by atoms with van der Waals surface area (Å²) in [5.74, 6) is 1.33. The van der Waals surface area contributed by atoms with Crippen LogP contribution in [0.25, 0.3) is 0 Å². The first-order valence-corrected chi connectivity index (χ1v) is 8.62. The molecule has 1 aliphatic rings. The highest BCUT2D eigenvalue weighted by atomic mass is 35.5. The highest BCUT2D eigenvalue weighted by Crippen LogP contribution is 2.25. The minimum Gasteiger partial charge on any atom is -0.496 e. The van der Waals surface area contributed by atoms with E-state index < -0.39 is 0 Å². The molecular weight excluding hydrogens is 340 g/mol. The summed E-state index contributed by atoms with van der Waals surface area (Å²) in [4.78, 5) is 23.0. The molecule has 1 aromatic carbocycles. The number of methoxy groups -OCH3 is 1. The normalized spacial score (nSPS) is 15.1. The fourth-order valence-corrected chi connectivity index (χ4v) is 3.16. The molecule has 7 heteroatoms. The first kappa shape index (κ1) is 17.5. The van der Waals surface area contributed by atoms with Crippen LogP contribution in [-0.2, 0) is 0 Å². The zero-order valence-electron chi connectivity index (χ0n) is 14.3. The van der Waals surface area contributed by atoms with E-state index in [0.717, 1.165) is 24.4 Å². The van der Waals surface area contributed by atoms with E-state index >= 15 is 0 Å². The molecule has 1 fully saturated rings. The van der Waals surface area contributed by atoms with E-state index in [4.69, 9.17) is 16.3 Å². The number of halogens is 1. The lowest BCUT2D eigenvalue weighted by Gasteiger charge is -2.33. The maximum absolute atomic E-state index is 12.8. The molecule has 1 N–H and O–H groups in total. The van der Waals surface area contributed by atoms with Crippen LogP contribution in [0.2, 0.25) is 5.02 Å². The van der Waals surface area contributed by atoms with E-state index in [1.54, 1.807) is 31.6 Å². The van der Waals surface area contributed by atoms with E-state index in [2.05, 4.69) is 15.3 Å². The third-order valence-corrected chi connectivity index (χ3v) is 4.57. The van der Waals surface area contributed by atoms with Crippen LogP contribution < -0.4 is 10.1 Å². The predicted molar refractivity (Wildman–Crippen MR) is 97.3 cm³/mol. The Bertz CT molecular complexity index is 760. The molecule has 0 radical (unpaired) electrons. The van der Waals surface area contributed by atoms with Gasteiger partial charge in [-0.15, -0.1) is 0 Å². The molecule has 0 unspecified atom stereocenters. The summed E-state index contributed by atoms with van der Waals surface area (Å²) in [6, 6.07) is 7.32. The van der Waals surface area contributed by atoms with Gasteiger partial charge in [-0.05, 0) is 38.0 Å². The van der Waals surface area contributed by atoms with Crippen LogP contribution in [0.1, 0.15) is 28.9 Å². The third-order valence-electron chi connectivity index (χ3n) is 4.33. The number of piperidine rings is 1. The molecule has 0 bridgehead atoms. The fraction of sp³-hybridized carbons (Fsp3) is 0.389. The molecular formula is C18H21ClN4O2. The van der Waals surface area contributed by atoms with Crippen LogP contribution >= 0.6 is 11.6 Å². The van der Waals surface area contributed by atoms with E-state index in [0.29, 0.717) is 35.5 Å². The number of hydrogen-bond donors (Lipinski definition) is 1. The second kappa shape index (κ2) is 7.70. The second-order valence-corrected chi connectivity index (χ2v) is 6.54. The van der Waals surface area contributed by atoms with Crippen LogP contribution in [0.3, 0.4) is 0 Å². The molecule has 2 heterocycles. The van der Waals surface area contributed by atoms with Gasteiger partial charge in [-0.2, -0.15) is 0 Å². The molecule has 6 nitrogen and oxygen atoms in total. The van der Waals surface area contributed by atoms with Crippen molar-refractivity contribution in [2.45, 2.75) is 25.8 Å². The van der Waals surface area contributed by atoms with Crippen molar-refractivity contribution in [3.05, 3.63) is 46.9 Å². The van der Waals surface area contributed by atoms with Gasteiger partial charge in [0.05, 0.1) is 12.7 Å². The molecule has 132 valence electrons. The van der Waals surface area contributed by atoms with Crippen molar-refractivity contribution in [3.63, 3.8) is 0 Å². The molecule has 0 spiro atoms. The van der Waals surface area contributed by atoms with Crippen molar-refractivity contribution in [1.82, 2.24) is 14.9 Å². The monoisotopic (exact) mass is 360 g/mol. The first-order chi connectivity index (χ1) is 12.1. The standard InChI is InChI=1S/C18H21ClN4O2/c1-12-9-17(21-11-20-12)22-14-5-7-23(8-6-14)18(24)15-10-13(19)3-4-16(15)25-2/h3-4,9-11,14H,5-8H2,1-2H3,(H,20,21,22). The molecule has 0 aliphatic carbocycles. The van der Waals surface area contributed by atoms with E-state index in [-0.39, 0.29) is 5.91 Å². The van der Waals surface area contributed by atoms with Crippen LogP contribution in [0.15, 0.2) is 30.6 Å². The van der Waals surface area contributed by atoms with Crippen molar-refractivity contribution in [1.29, 1.82) is 0 Å². The van der Waals surface area contributed by atoms with Gasteiger partial charge in [0.1, 0.15) is 17.9 Å². The Hall–Kier alpha value is -2.34. The number of likely N-dealkylation sites (tertiary alicyclic amines) is 1. The maximum Gasteiger partial charge on any atom is 0.257 e. The lowest BCUT2D eigenvalue weighted by atomic mass is 10.0. The number of amides is 1. The minimum absolute atomic E-state index is 0.0457. The van der Waals surface area contributed by atoms with Gasteiger partial charge in [0.25, 0.3) is 5.91 Å². The lowest BCUT2D eigenvalue weighted by Crippen LogP contribution is -2.42. The fourth-order valence-electron chi connectivity index (χ4n) is 2.99. The Morgan fingerprint density at radius 3 is 2.72 bits per heavy atom. The summed E-state index contributed by atoms with van der Waals surface area (Å²) in [6.07, 6.45) is 3.27. The topological polar surface area (TPSA) is 67.3 Å². The summed E-state index contributed by atoms with van der Waals surface area (Å²) in [7, 11) is 1.56. The van der Waals surface area contributed by atoms with Crippen molar-refractivity contribution in [2.24, 2.45) is 0 Å². The highest BCUT2D eigenvalue weighted by molar-refractivity contribution is 6.31. The van der Waals surface area contributed by atoms with Crippen LogP contribution in [0.5, 0.6) is 5.75 Å². The number of anilines is 1. The van der Waals surface area contributed by atoms with Crippen LogP contribution in [0.4, 0.5) is 5.82 Å². The number of benzene rings is 1. The number of aromatic nitrogens is 2. The molecule has 0 saturated carbocycles. The number of hydrogen-bond acceptors (Lipinski definition) is 5. The van der Waals surface area contributed by atoms with Crippen LogP contribution in [-0.4, -0.2) is 47.0 Å². The summed E-state index contributed by atoms with van der Waals surface area (Å²) < 4.78 is 5.29. The SMILES string of the molecule is COc1ccc(Cl)cc1C(=O)N1CCC(Nc2cc(C)ncn2)CC1. The highest BCUT2D eigenvalue weighted by Gasteiger charge is 2.25. The largest absolute Gasteiger partial charge is 0.496 e. The number of aryl methyl sites for hydroxylation is 1. The van der Waals surface area contributed by atoms with Gasteiger partial charge < -0.3 is 15.0 Å². The van der Waals surface area contributed by atoms with Gasteiger partial charge >= 0.3 is 0 Å². The Kier molecular flexibility index (Phi) is 5.38. The zero-order valence-corrected chi connectivity index (χ0v) is 15.1. The molecule has 0 atom stereocenters. The first-order valence-electron chi connectivity index (χ1n) is 8.25. The van der Waals surface area contributed by atoms with E-state index in [9.17, 15) is 4.79 Å². The Morgan fingerprint density at radius 1 is 1.28 bits per heavy atom. The summed E-state index contributed by atoms with van der Waals surface area (Å²) in [6.45, 7) is 3.29. The minimum atomic E-state index is -0.0457. The summed E-state index contributed by atoms with van der Waals surface area (Å²) >= 11 is 6.03. The van der Waals surface area contributed by atoms with Gasteiger partial charge in [0.15, 0.2) is 0 Å². The number of carbonyl (C=O) groups excluding carboxylic acids is 1. The Morgan fingerprint density at radius 2 is 2.04 bits per heavy atom. The molecule has 2 aromatic rings. The van der Waals surface area contributed by atoms with Gasteiger partial charge in [-0.1, -0.05) is 11.6 Å². The van der Waals surface area contributed by atoms with E-state index in [1.807, 2.05) is 17.9 Å². The Balaban J connectivity index is 1.62. The quantitative estimate of drug-likeness (QED) is 0.907. The van der Waals surface area contributed by atoms with Gasteiger partial charge in [0.2, 0.25) is 0 Å². The van der Waals surface area contributed by atoms with Gasteiger partial charge in [-0.3, -0.25) is 4.79 Å². The average Bonchev–Trinajstić information content (AvgIpc) is 2.62. The molecule has 3 rings (SSSR count). The number of ether oxygens (including phenoxy) is 1. The molecule has 1 aliphatic heterocycles. The summed E-state index contributed by atoms with van der Waals surface area (Å²) in [5.41, 5.74) is 1.44. The molecule has 1 aromatic heterocycles. The van der Waals surface area contributed by atoms with Crippen molar-refractivity contribution < 1.29 is 9.53 Å². The number of nitrogens with zero attached hydrogens (tertiary/aromatic N) is 3. The second-order valence-electron chi connectivity index (χ2n) is 6.10. The van der Waals surface area contributed by atoms with Crippen molar-refractivity contribution in [2.75, 3.05) is 25.5 Å². The van der Waals surface area contributed by atoms with E-state index in [1.165, 1.54) is 0 Å². The maximum atomic E-state index is 12.8. The third kappa shape index (κ3) is 4.20. The zero-order chi connectivity index (χ0) is 17.8. The summed E-state index contributed by atoms with van der Waals surface area (Å²) in [5, 5.41) is 3.95. The van der Waals surface area contributed by atoms with Crippen molar-refractivity contribution in [3.8, 4) is 5.75 Å². The molecule has 25 heavy (non-hydrogen) atoms. The molecule has 1 amide bonds. The number of nitrogens with one attached hydrogen (secondary N) is 1. The predicted octanol–water partition coefficient (Wildman–Crippen LogP) is 3.16. The van der Waals surface area contributed by atoms with Gasteiger partial charge in [0, 0.05) is 35.9 Å². The molecule has 1 saturated heterocycles. The number of carbonyl (C=O) groups is 1.